The zero-order chi connectivity index (χ0) is 20.1. The molecule has 0 saturated carbocycles. The molecule has 0 saturated heterocycles. The maximum Gasteiger partial charge on any atom is 0.231 e. The first-order valence-electron chi connectivity index (χ1n) is 9.66. The molecule has 1 N–H and O–H groups in total. The Morgan fingerprint density at radius 3 is 2.23 bits per heavy atom. The van der Waals surface area contributed by atoms with Crippen molar-refractivity contribution in [1.29, 1.82) is 0 Å². The number of ether oxygens (including phenoxy) is 4. The first-order valence-corrected chi connectivity index (χ1v) is 9.66. The van der Waals surface area contributed by atoms with Crippen LogP contribution >= 0.6 is 12.4 Å². The highest BCUT2D eigenvalue weighted by Gasteiger charge is 2.13. The second-order valence-corrected chi connectivity index (χ2v) is 7.05. The van der Waals surface area contributed by atoms with E-state index in [2.05, 4.69) is 42.6 Å². The lowest BCUT2D eigenvalue weighted by Gasteiger charge is -2.13. The standard InChI is InChI=1S/C24H25NO4.ClH/c1-17-3-5-18(6-4-17)15-27-21-9-7-19(11-23(21)26-2)13-25-14-20-8-10-22-24(12-20)29-16-28-22;/h3-12,25H,13-16H2,1-2H3;1H. The number of fused-ring (bicyclic) bond motifs is 1. The lowest BCUT2D eigenvalue weighted by Crippen LogP contribution is -2.12. The number of halogens is 1. The summed E-state index contributed by atoms with van der Waals surface area (Å²) in [4.78, 5) is 0. The van der Waals surface area contributed by atoms with Gasteiger partial charge < -0.3 is 24.3 Å². The molecule has 30 heavy (non-hydrogen) atoms. The summed E-state index contributed by atoms with van der Waals surface area (Å²) in [5, 5.41) is 3.45. The summed E-state index contributed by atoms with van der Waals surface area (Å²) in [5.41, 5.74) is 4.65. The van der Waals surface area contributed by atoms with Crippen molar-refractivity contribution in [3.05, 3.63) is 82.9 Å². The van der Waals surface area contributed by atoms with Gasteiger partial charge in [0.1, 0.15) is 6.61 Å². The smallest absolute Gasteiger partial charge is 0.231 e. The topological polar surface area (TPSA) is 49.0 Å². The van der Waals surface area contributed by atoms with E-state index < -0.39 is 0 Å². The summed E-state index contributed by atoms with van der Waals surface area (Å²) in [6, 6.07) is 20.4. The van der Waals surface area contributed by atoms with Gasteiger partial charge in [0, 0.05) is 13.1 Å². The van der Waals surface area contributed by atoms with Gasteiger partial charge in [-0.25, -0.2) is 0 Å². The van der Waals surface area contributed by atoms with Crippen LogP contribution in [-0.4, -0.2) is 13.9 Å². The summed E-state index contributed by atoms with van der Waals surface area (Å²) in [7, 11) is 1.66. The van der Waals surface area contributed by atoms with Crippen molar-refractivity contribution in [3.63, 3.8) is 0 Å². The van der Waals surface area contributed by atoms with Crippen LogP contribution in [0.4, 0.5) is 0 Å². The molecular weight excluding hydrogens is 402 g/mol. The average molecular weight is 428 g/mol. The Bertz CT molecular complexity index is 975. The molecular formula is C24H26ClNO4. The van der Waals surface area contributed by atoms with Crippen molar-refractivity contribution in [2.45, 2.75) is 26.6 Å². The minimum absolute atomic E-state index is 0. The Balaban J connectivity index is 0.00000256. The van der Waals surface area contributed by atoms with Crippen molar-refractivity contribution >= 4 is 12.4 Å². The largest absolute Gasteiger partial charge is 0.493 e. The van der Waals surface area contributed by atoms with Gasteiger partial charge in [-0.3, -0.25) is 0 Å². The van der Waals surface area contributed by atoms with Gasteiger partial charge in [-0.1, -0.05) is 42.0 Å². The monoisotopic (exact) mass is 427 g/mol. The van der Waals surface area contributed by atoms with Gasteiger partial charge in [0.15, 0.2) is 23.0 Å². The quantitative estimate of drug-likeness (QED) is 0.546. The minimum Gasteiger partial charge on any atom is -0.493 e. The second-order valence-electron chi connectivity index (χ2n) is 7.05. The van der Waals surface area contributed by atoms with Crippen molar-refractivity contribution in [1.82, 2.24) is 5.32 Å². The summed E-state index contributed by atoms with van der Waals surface area (Å²) < 4.78 is 22.3. The molecule has 158 valence electrons. The van der Waals surface area contributed by atoms with Crippen LogP contribution in [0.1, 0.15) is 22.3 Å². The van der Waals surface area contributed by atoms with Gasteiger partial charge in [0.05, 0.1) is 7.11 Å². The van der Waals surface area contributed by atoms with Crippen molar-refractivity contribution in [3.8, 4) is 23.0 Å². The number of hydrogen-bond acceptors (Lipinski definition) is 5. The van der Waals surface area contributed by atoms with E-state index in [1.807, 2.05) is 30.3 Å². The van der Waals surface area contributed by atoms with Crippen molar-refractivity contribution in [2.75, 3.05) is 13.9 Å². The molecule has 0 spiro atoms. The van der Waals surface area contributed by atoms with Crippen LogP contribution < -0.4 is 24.3 Å². The number of rotatable bonds is 8. The van der Waals surface area contributed by atoms with E-state index in [1.54, 1.807) is 7.11 Å². The fraction of sp³-hybridized carbons (Fsp3) is 0.250. The highest BCUT2D eigenvalue weighted by Crippen LogP contribution is 2.32. The maximum atomic E-state index is 5.95. The van der Waals surface area contributed by atoms with Crippen LogP contribution in [0.15, 0.2) is 60.7 Å². The number of benzene rings is 3. The Hall–Kier alpha value is -2.89. The van der Waals surface area contributed by atoms with Crippen LogP contribution in [-0.2, 0) is 19.7 Å². The Kier molecular flexibility index (Phi) is 7.44. The zero-order valence-corrected chi connectivity index (χ0v) is 18.0. The molecule has 0 fully saturated rings. The average Bonchev–Trinajstić information content (AvgIpc) is 3.22. The normalized spacial score (nSPS) is 11.7. The molecule has 3 aromatic carbocycles. The third-order valence-corrected chi connectivity index (χ3v) is 4.84. The first-order chi connectivity index (χ1) is 14.2. The van der Waals surface area contributed by atoms with Crippen LogP contribution in [0.25, 0.3) is 0 Å². The molecule has 1 heterocycles. The van der Waals surface area contributed by atoms with Gasteiger partial charge in [0.2, 0.25) is 6.79 Å². The molecule has 0 atom stereocenters. The highest BCUT2D eigenvalue weighted by atomic mass is 35.5. The third-order valence-electron chi connectivity index (χ3n) is 4.84. The van der Waals surface area contributed by atoms with E-state index in [0.29, 0.717) is 13.4 Å². The van der Waals surface area contributed by atoms with Crippen molar-refractivity contribution in [2.24, 2.45) is 0 Å². The SMILES string of the molecule is COc1cc(CNCc2ccc3c(c2)OCO3)ccc1OCc1ccc(C)cc1.Cl. The van der Waals surface area contributed by atoms with Crippen LogP contribution in [0.3, 0.4) is 0 Å². The van der Waals surface area contributed by atoms with Gasteiger partial charge in [-0.05, 0) is 47.9 Å². The van der Waals surface area contributed by atoms with E-state index in [-0.39, 0.29) is 12.4 Å². The van der Waals surface area contributed by atoms with E-state index >= 15 is 0 Å². The number of methoxy groups -OCH3 is 1. The highest BCUT2D eigenvalue weighted by molar-refractivity contribution is 5.85. The predicted octanol–water partition coefficient (Wildman–Crippen LogP) is 5.02. The zero-order valence-electron chi connectivity index (χ0n) is 17.1. The molecule has 5 nitrogen and oxygen atoms in total. The number of aryl methyl sites for hydroxylation is 1. The molecule has 0 bridgehead atoms. The van der Waals surface area contributed by atoms with Gasteiger partial charge in [-0.2, -0.15) is 0 Å². The predicted molar refractivity (Wildman–Crippen MR) is 119 cm³/mol. The van der Waals surface area contributed by atoms with Gasteiger partial charge in [0.25, 0.3) is 0 Å². The third kappa shape index (κ3) is 5.38. The maximum absolute atomic E-state index is 5.95. The lowest BCUT2D eigenvalue weighted by atomic mass is 10.1. The molecule has 0 radical (unpaired) electrons. The van der Waals surface area contributed by atoms with E-state index in [0.717, 1.165) is 52.8 Å². The van der Waals surface area contributed by atoms with Crippen LogP contribution in [0.5, 0.6) is 23.0 Å². The molecule has 4 rings (SSSR count). The van der Waals surface area contributed by atoms with Crippen LogP contribution in [0.2, 0.25) is 0 Å². The van der Waals surface area contributed by atoms with Gasteiger partial charge in [-0.15, -0.1) is 12.4 Å². The summed E-state index contributed by atoms with van der Waals surface area (Å²) in [6.45, 7) is 4.35. The van der Waals surface area contributed by atoms with E-state index in [1.165, 1.54) is 5.56 Å². The molecule has 0 unspecified atom stereocenters. The summed E-state index contributed by atoms with van der Waals surface area (Å²) in [5.74, 6) is 3.09. The Labute approximate surface area is 183 Å². The molecule has 0 amide bonds. The number of hydrogen-bond donors (Lipinski definition) is 1. The fourth-order valence-electron chi connectivity index (χ4n) is 3.19. The minimum atomic E-state index is 0. The Morgan fingerprint density at radius 2 is 1.47 bits per heavy atom. The van der Waals surface area contributed by atoms with Crippen LogP contribution in [0, 0.1) is 6.92 Å². The molecule has 1 aliphatic heterocycles. The fourth-order valence-corrected chi connectivity index (χ4v) is 3.19. The van der Waals surface area contributed by atoms with E-state index in [4.69, 9.17) is 18.9 Å². The molecule has 3 aromatic rings. The second kappa shape index (κ2) is 10.2. The van der Waals surface area contributed by atoms with Gasteiger partial charge >= 0.3 is 0 Å². The molecule has 0 aliphatic carbocycles. The van der Waals surface area contributed by atoms with E-state index in [9.17, 15) is 0 Å². The Morgan fingerprint density at radius 1 is 0.800 bits per heavy atom. The molecule has 0 aromatic heterocycles. The summed E-state index contributed by atoms with van der Waals surface area (Å²) >= 11 is 0. The molecule has 1 aliphatic rings. The van der Waals surface area contributed by atoms with Crippen molar-refractivity contribution < 1.29 is 18.9 Å². The molecule has 6 heteroatoms. The summed E-state index contributed by atoms with van der Waals surface area (Å²) in [6.07, 6.45) is 0. The number of nitrogens with one attached hydrogen (secondary N) is 1. The lowest BCUT2D eigenvalue weighted by molar-refractivity contribution is 0.174. The first kappa shape index (κ1) is 21.8.